The number of carbonyl (C=O) groups is 2. The number of hydrogen-bond acceptors (Lipinski definition) is 7. The van der Waals surface area contributed by atoms with E-state index in [9.17, 15) is 14.2 Å². The summed E-state index contributed by atoms with van der Waals surface area (Å²) < 4.78 is 34.6. The molecule has 0 bridgehead atoms. The maximum Gasteiger partial charge on any atom is 0.327 e. The van der Waals surface area contributed by atoms with Crippen LogP contribution in [0.15, 0.2) is 91.0 Å². The molecule has 3 aromatic carbocycles. The average molecular weight is 511 g/mol. The Balaban J connectivity index is 1.53. The van der Waals surface area contributed by atoms with Crippen LogP contribution in [0.25, 0.3) is 0 Å². The molecule has 190 valence electrons. The quantitative estimate of drug-likeness (QED) is 0.196. The Morgan fingerprint density at radius 1 is 0.694 bits per heavy atom. The summed E-state index contributed by atoms with van der Waals surface area (Å²) in [4.78, 5) is 25.1. The summed E-state index contributed by atoms with van der Waals surface area (Å²) in [6.45, 7) is 1.50. The lowest BCUT2D eigenvalue weighted by Crippen LogP contribution is -2.24. The predicted octanol–water partition coefficient (Wildman–Crippen LogP) is 5.93. The fourth-order valence-corrected chi connectivity index (χ4v) is 4.16. The highest BCUT2D eigenvalue weighted by Gasteiger charge is 2.27. The summed E-state index contributed by atoms with van der Waals surface area (Å²) in [5.41, 5.74) is 2.55. The lowest BCUT2D eigenvalue weighted by Gasteiger charge is -2.19. The Morgan fingerprint density at radius 3 is 1.69 bits per heavy atom. The number of hydrogen-bond donors (Lipinski definition) is 0. The van der Waals surface area contributed by atoms with Gasteiger partial charge in [-0.25, -0.2) is 0 Å². The summed E-state index contributed by atoms with van der Waals surface area (Å²) >= 11 is 0. The average Bonchev–Trinajstić information content (AvgIpc) is 2.91. The highest BCUT2D eigenvalue weighted by atomic mass is 31.2. The smallest absolute Gasteiger partial charge is 0.327 e. The molecule has 0 heterocycles. The van der Waals surface area contributed by atoms with Crippen molar-refractivity contribution in [2.24, 2.45) is 5.92 Å². The molecular weight excluding hydrogens is 479 g/mol. The third kappa shape index (κ3) is 10.2. The maximum atomic E-state index is 12.8. The topological polar surface area (TPSA) is 88.1 Å². The minimum atomic E-state index is -3.45. The van der Waals surface area contributed by atoms with Crippen molar-refractivity contribution in [3.8, 4) is 0 Å². The zero-order valence-corrected chi connectivity index (χ0v) is 21.2. The molecule has 0 aromatic heterocycles. The van der Waals surface area contributed by atoms with E-state index in [1.165, 1.54) is 6.66 Å². The van der Waals surface area contributed by atoms with Crippen LogP contribution in [0, 0.1) is 5.92 Å². The van der Waals surface area contributed by atoms with Crippen molar-refractivity contribution in [2.45, 2.75) is 32.7 Å². The van der Waals surface area contributed by atoms with Crippen LogP contribution in [0.4, 0.5) is 0 Å². The van der Waals surface area contributed by atoms with E-state index in [1.54, 1.807) is 0 Å². The van der Waals surface area contributed by atoms with E-state index < -0.39 is 25.5 Å². The van der Waals surface area contributed by atoms with Crippen molar-refractivity contribution >= 4 is 19.5 Å². The number of ether oxygens (including phenoxy) is 2. The molecule has 7 nitrogen and oxygen atoms in total. The molecular formula is C28H31O7P. The van der Waals surface area contributed by atoms with Crippen LogP contribution < -0.4 is 0 Å². The first kappa shape index (κ1) is 27.3. The highest BCUT2D eigenvalue weighted by Crippen LogP contribution is 2.45. The minimum Gasteiger partial charge on any atom is -0.461 e. The second-order valence-corrected chi connectivity index (χ2v) is 10.4. The predicted molar refractivity (Wildman–Crippen MR) is 136 cm³/mol. The monoisotopic (exact) mass is 510 g/mol. The minimum absolute atomic E-state index is 0.0137. The van der Waals surface area contributed by atoms with Gasteiger partial charge >= 0.3 is 19.5 Å². The van der Waals surface area contributed by atoms with Gasteiger partial charge in [-0.05, 0) is 23.1 Å². The Kier molecular flexibility index (Phi) is 10.9. The first-order valence-electron chi connectivity index (χ1n) is 11.7. The van der Waals surface area contributed by atoms with Crippen LogP contribution in [0.5, 0.6) is 0 Å². The molecule has 3 aromatic rings. The zero-order valence-electron chi connectivity index (χ0n) is 20.3. The maximum absolute atomic E-state index is 12.8. The lowest BCUT2D eigenvalue weighted by atomic mass is 10.0. The van der Waals surface area contributed by atoms with Gasteiger partial charge in [-0.15, -0.1) is 0 Å². The second kappa shape index (κ2) is 14.3. The molecule has 0 N–H and O–H groups in total. The van der Waals surface area contributed by atoms with Crippen molar-refractivity contribution in [1.82, 2.24) is 0 Å². The van der Waals surface area contributed by atoms with Crippen LogP contribution in [0.1, 0.15) is 29.5 Å². The lowest BCUT2D eigenvalue weighted by molar-refractivity contribution is -0.152. The first-order valence-corrected chi connectivity index (χ1v) is 13.7. The van der Waals surface area contributed by atoms with Crippen molar-refractivity contribution in [3.63, 3.8) is 0 Å². The summed E-state index contributed by atoms with van der Waals surface area (Å²) in [7, 11) is -3.45. The van der Waals surface area contributed by atoms with E-state index in [0.717, 1.165) is 16.7 Å². The van der Waals surface area contributed by atoms with Crippen LogP contribution in [0.3, 0.4) is 0 Å². The number of esters is 2. The highest BCUT2D eigenvalue weighted by molar-refractivity contribution is 7.52. The van der Waals surface area contributed by atoms with E-state index in [0.29, 0.717) is 0 Å². The summed E-state index contributed by atoms with van der Waals surface area (Å²) in [6, 6.07) is 27.9. The number of rotatable bonds is 14. The van der Waals surface area contributed by atoms with E-state index in [-0.39, 0.29) is 39.3 Å². The second-order valence-electron chi connectivity index (χ2n) is 8.30. The van der Waals surface area contributed by atoms with E-state index >= 15 is 0 Å². The molecule has 0 saturated carbocycles. The van der Waals surface area contributed by atoms with Gasteiger partial charge in [-0.3, -0.25) is 14.2 Å². The molecule has 2 unspecified atom stereocenters. The summed E-state index contributed by atoms with van der Waals surface area (Å²) in [6.07, 6.45) is 0.111. The van der Waals surface area contributed by atoms with Gasteiger partial charge in [0.2, 0.25) is 0 Å². The van der Waals surface area contributed by atoms with Gasteiger partial charge in [-0.2, -0.15) is 0 Å². The van der Waals surface area contributed by atoms with Crippen LogP contribution >= 0.6 is 7.60 Å². The summed E-state index contributed by atoms with van der Waals surface area (Å²) in [5, 5.41) is 0. The summed E-state index contributed by atoms with van der Waals surface area (Å²) in [5.74, 6) is -1.80. The fourth-order valence-electron chi connectivity index (χ4n) is 3.25. The van der Waals surface area contributed by atoms with Gasteiger partial charge in [0.15, 0.2) is 0 Å². The molecule has 0 saturated heterocycles. The molecule has 3 rings (SSSR count). The van der Waals surface area contributed by atoms with Gasteiger partial charge in [-0.1, -0.05) is 91.0 Å². The number of benzene rings is 3. The van der Waals surface area contributed by atoms with Gasteiger partial charge in [0.25, 0.3) is 0 Å². The first-order chi connectivity index (χ1) is 17.4. The third-order valence-electron chi connectivity index (χ3n) is 5.32. The van der Waals surface area contributed by atoms with E-state index in [2.05, 4.69) is 0 Å². The van der Waals surface area contributed by atoms with E-state index in [1.807, 2.05) is 91.0 Å². The molecule has 0 amide bonds. The van der Waals surface area contributed by atoms with Gasteiger partial charge < -0.3 is 18.5 Å². The third-order valence-corrected chi connectivity index (χ3v) is 6.53. The van der Waals surface area contributed by atoms with Gasteiger partial charge in [0, 0.05) is 13.1 Å². The van der Waals surface area contributed by atoms with Crippen LogP contribution in [-0.4, -0.2) is 25.2 Å². The SMILES string of the molecule is CP(=O)(OCc1ccccc1)OCC(CCC(=O)OCc1ccccc1)C(=O)OCc1ccccc1. The van der Waals surface area contributed by atoms with Crippen LogP contribution in [0.2, 0.25) is 0 Å². The van der Waals surface area contributed by atoms with Crippen molar-refractivity contribution < 1.29 is 32.7 Å². The Labute approximate surface area is 211 Å². The van der Waals surface area contributed by atoms with Crippen molar-refractivity contribution in [2.75, 3.05) is 13.3 Å². The van der Waals surface area contributed by atoms with Gasteiger partial charge in [0.1, 0.15) is 13.2 Å². The molecule has 0 aliphatic carbocycles. The van der Waals surface area contributed by atoms with Crippen LogP contribution in [-0.2, 0) is 52.5 Å². The molecule has 0 radical (unpaired) electrons. The Morgan fingerprint density at radius 2 is 1.17 bits per heavy atom. The van der Waals surface area contributed by atoms with E-state index in [4.69, 9.17) is 18.5 Å². The molecule has 0 fully saturated rings. The van der Waals surface area contributed by atoms with Crippen molar-refractivity contribution in [1.29, 1.82) is 0 Å². The van der Waals surface area contributed by atoms with Gasteiger partial charge in [0.05, 0.1) is 19.1 Å². The zero-order chi connectivity index (χ0) is 25.6. The molecule has 36 heavy (non-hydrogen) atoms. The Bertz CT molecular complexity index is 1120. The molecule has 2 atom stereocenters. The molecule has 0 aliphatic rings. The Hall–Kier alpha value is -3.25. The van der Waals surface area contributed by atoms with Crippen molar-refractivity contribution in [3.05, 3.63) is 108 Å². The standard InChI is InChI=1S/C28H31O7P/c1-36(31,34-21-25-15-9-4-10-16-25)35-22-26(28(30)33-20-24-13-7-3-8-14-24)17-18-27(29)32-19-23-11-5-2-6-12-23/h2-16,26H,17-22H2,1H3. The fraction of sp³-hybridized carbons (Fsp3) is 0.286. The number of carbonyl (C=O) groups excluding carboxylic acids is 2. The largest absolute Gasteiger partial charge is 0.461 e. The molecule has 0 aliphatic heterocycles. The molecule has 0 spiro atoms. The normalized spacial score (nSPS) is 13.4. The molecule has 8 heteroatoms.